The maximum atomic E-state index is 10.9. The van der Waals surface area contributed by atoms with E-state index in [0.29, 0.717) is 19.8 Å². The molecule has 6 heteroatoms. The molecule has 2 rings (SSSR count). The van der Waals surface area contributed by atoms with Crippen LogP contribution in [-0.4, -0.2) is 45.5 Å². The van der Waals surface area contributed by atoms with Gasteiger partial charge < -0.3 is 18.9 Å². The van der Waals surface area contributed by atoms with Crippen LogP contribution in [0.3, 0.4) is 0 Å². The maximum absolute atomic E-state index is 10.9. The molecule has 0 unspecified atom stereocenters. The Bertz CT molecular complexity index is 882. The first-order valence-corrected chi connectivity index (χ1v) is 10.6. The number of ether oxygens (including phenoxy) is 4. The van der Waals surface area contributed by atoms with Crippen LogP contribution in [0.25, 0.3) is 0 Å². The molecule has 178 valence electrons. The lowest BCUT2D eigenvalue weighted by atomic mass is 9.78. The van der Waals surface area contributed by atoms with Crippen molar-refractivity contribution in [1.29, 1.82) is 0 Å². The average molecular weight is 455 g/mol. The maximum Gasteiger partial charge on any atom is 0.330 e. The fraction of sp³-hybridized carbons (Fsp3) is 0.333. The molecule has 0 amide bonds. The smallest absolute Gasteiger partial charge is 0.330 e. The van der Waals surface area contributed by atoms with E-state index in [1.54, 1.807) is 7.11 Å². The number of aryl methyl sites for hydroxylation is 1. The largest absolute Gasteiger partial charge is 0.490 e. The highest BCUT2D eigenvalue weighted by atomic mass is 16.6. The minimum Gasteiger partial charge on any atom is -0.490 e. The molecule has 2 aromatic carbocycles. The van der Waals surface area contributed by atoms with Gasteiger partial charge in [-0.25, -0.2) is 9.59 Å². The highest BCUT2D eigenvalue weighted by molar-refractivity contribution is 5.81. The molecule has 0 radical (unpaired) electrons. The topological polar surface area (TPSA) is 71.1 Å². The fourth-order valence-corrected chi connectivity index (χ4v) is 2.75. The Morgan fingerprint density at radius 1 is 0.788 bits per heavy atom. The number of hydrogen-bond donors (Lipinski definition) is 0. The van der Waals surface area contributed by atoms with Crippen molar-refractivity contribution in [2.24, 2.45) is 0 Å². The molecule has 0 aliphatic carbocycles. The molecule has 2 aromatic rings. The summed E-state index contributed by atoms with van der Waals surface area (Å²) in [7, 11) is 1.54. The van der Waals surface area contributed by atoms with E-state index in [-0.39, 0.29) is 12.0 Å². The van der Waals surface area contributed by atoms with E-state index >= 15 is 0 Å². The van der Waals surface area contributed by atoms with E-state index in [0.717, 1.165) is 17.9 Å². The van der Waals surface area contributed by atoms with Gasteiger partial charge >= 0.3 is 11.9 Å². The molecule has 33 heavy (non-hydrogen) atoms. The Morgan fingerprint density at radius 2 is 1.24 bits per heavy atom. The molecule has 6 nitrogen and oxygen atoms in total. The van der Waals surface area contributed by atoms with E-state index in [2.05, 4.69) is 79.8 Å². The molecule has 0 fully saturated rings. The predicted octanol–water partition coefficient (Wildman–Crippen LogP) is 4.79. The molecular formula is C27H34O6. The van der Waals surface area contributed by atoms with Gasteiger partial charge in [0.15, 0.2) is 0 Å². The standard InChI is InChI=1S/C21H24O3.C6H10O3/c1-5-20(22)24-15-14-23-19-12-10-18(11-13-19)21(3,4)17-8-6-16(2)7-9-17;1-3-6(7)9-5-4-8-2/h5-13H,1,14-15H2,2-4H3;3H,1,4-5H2,2H3. The summed E-state index contributed by atoms with van der Waals surface area (Å²) >= 11 is 0. The first kappa shape index (κ1) is 27.7. The Labute approximate surface area is 196 Å². The van der Waals surface area contributed by atoms with Crippen LogP contribution in [0.15, 0.2) is 73.8 Å². The SMILES string of the molecule is C=CC(=O)OCCOC.C=CC(=O)OCCOc1ccc(C(C)(C)c2ccc(C)cc2)cc1. The second-order valence-corrected chi connectivity index (χ2v) is 7.60. The van der Waals surface area contributed by atoms with E-state index in [9.17, 15) is 9.59 Å². The third-order valence-electron chi connectivity index (χ3n) is 4.81. The Balaban J connectivity index is 0.000000513. The minimum absolute atomic E-state index is 0.0777. The van der Waals surface area contributed by atoms with Crippen molar-refractivity contribution in [3.8, 4) is 5.75 Å². The molecule has 0 spiro atoms. The second-order valence-electron chi connectivity index (χ2n) is 7.60. The summed E-state index contributed by atoms with van der Waals surface area (Å²) in [6, 6.07) is 16.7. The van der Waals surface area contributed by atoms with Crippen LogP contribution in [-0.2, 0) is 29.2 Å². The zero-order chi connectivity index (χ0) is 24.7. The van der Waals surface area contributed by atoms with Crippen molar-refractivity contribution in [3.63, 3.8) is 0 Å². The van der Waals surface area contributed by atoms with Gasteiger partial charge in [-0.1, -0.05) is 69.0 Å². The summed E-state index contributed by atoms with van der Waals surface area (Å²) in [5.74, 6) is -0.0889. The van der Waals surface area contributed by atoms with Gasteiger partial charge in [-0.15, -0.1) is 0 Å². The highest BCUT2D eigenvalue weighted by Crippen LogP contribution is 2.32. The zero-order valence-corrected chi connectivity index (χ0v) is 20.0. The number of carbonyl (C=O) groups excluding carboxylic acids is 2. The first-order valence-electron chi connectivity index (χ1n) is 10.6. The molecule has 0 atom stereocenters. The third-order valence-corrected chi connectivity index (χ3v) is 4.81. The van der Waals surface area contributed by atoms with Crippen molar-refractivity contribution < 1.29 is 28.5 Å². The number of benzene rings is 2. The van der Waals surface area contributed by atoms with Crippen LogP contribution in [0.2, 0.25) is 0 Å². The number of rotatable bonds is 11. The number of hydrogen-bond acceptors (Lipinski definition) is 6. The zero-order valence-electron chi connectivity index (χ0n) is 20.0. The second kappa shape index (κ2) is 14.6. The van der Waals surface area contributed by atoms with E-state index < -0.39 is 11.9 Å². The molecular weight excluding hydrogens is 420 g/mol. The van der Waals surface area contributed by atoms with E-state index in [1.807, 2.05) is 12.1 Å². The summed E-state index contributed by atoms with van der Waals surface area (Å²) in [6.07, 6.45) is 2.26. The minimum atomic E-state index is -0.436. The molecule has 0 bridgehead atoms. The van der Waals surface area contributed by atoms with Gasteiger partial charge in [0.25, 0.3) is 0 Å². The number of carbonyl (C=O) groups is 2. The van der Waals surface area contributed by atoms with E-state index in [1.165, 1.54) is 16.7 Å². The summed E-state index contributed by atoms with van der Waals surface area (Å²) in [5.41, 5.74) is 3.68. The fourth-order valence-electron chi connectivity index (χ4n) is 2.75. The summed E-state index contributed by atoms with van der Waals surface area (Å²) in [5, 5.41) is 0. The van der Waals surface area contributed by atoms with Gasteiger partial charge in [0.05, 0.1) is 6.61 Å². The van der Waals surface area contributed by atoms with Gasteiger partial charge in [-0.3, -0.25) is 0 Å². The van der Waals surface area contributed by atoms with Crippen LogP contribution in [0, 0.1) is 6.92 Å². The highest BCUT2D eigenvalue weighted by Gasteiger charge is 2.22. The number of esters is 2. The predicted molar refractivity (Wildman–Crippen MR) is 129 cm³/mol. The van der Waals surface area contributed by atoms with Crippen molar-refractivity contribution in [2.75, 3.05) is 33.5 Å². The van der Waals surface area contributed by atoms with Crippen LogP contribution < -0.4 is 4.74 Å². The molecule has 0 aromatic heterocycles. The lowest BCUT2D eigenvalue weighted by molar-refractivity contribution is -0.139. The third kappa shape index (κ3) is 10.2. The van der Waals surface area contributed by atoms with E-state index in [4.69, 9.17) is 9.47 Å². The van der Waals surface area contributed by atoms with Crippen LogP contribution in [0.5, 0.6) is 5.75 Å². The summed E-state index contributed by atoms with van der Waals surface area (Å²) in [6.45, 7) is 14.3. The van der Waals surface area contributed by atoms with Crippen LogP contribution in [0.1, 0.15) is 30.5 Å². The van der Waals surface area contributed by atoms with Gasteiger partial charge in [0.2, 0.25) is 0 Å². The summed E-state index contributed by atoms with van der Waals surface area (Å²) in [4.78, 5) is 21.2. The van der Waals surface area contributed by atoms with Gasteiger partial charge in [0.1, 0.15) is 25.6 Å². The number of methoxy groups -OCH3 is 1. The normalized spacial score (nSPS) is 10.3. The average Bonchev–Trinajstić information content (AvgIpc) is 2.82. The molecule has 0 saturated heterocycles. The van der Waals surface area contributed by atoms with Gasteiger partial charge in [-0.05, 0) is 30.2 Å². The van der Waals surface area contributed by atoms with Crippen molar-refractivity contribution >= 4 is 11.9 Å². The van der Waals surface area contributed by atoms with Crippen molar-refractivity contribution in [3.05, 3.63) is 90.5 Å². The van der Waals surface area contributed by atoms with Crippen LogP contribution >= 0.6 is 0 Å². The van der Waals surface area contributed by atoms with Crippen molar-refractivity contribution in [1.82, 2.24) is 0 Å². The molecule has 0 saturated carbocycles. The Morgan fingerprint density at radius 3 is 1.70 bits per heavy atom. The molecule has 0 heterocycles. The van der Waals surface area contributed by atoms with Gasteiger partial charge in [0, 0.05) is 24.7 Å². The quantitative estimate of drug-likeness (QED) is 0.276. The van der Waals surface area contributed by atoms with Gasteiger partial charge in [-0.2, -0.15) is 0 Å². The monoisotopic (exact) mass is 454 g/mol. The first-order chi connectivity index (χ1) is 15.7. The Hall–Kier alpha value is -3.38. The Kier molecular flexibility index (Phi) is 12.3. The molecule has 0 aliphatic heterocycles. The van der Waals surface area contributed by atoms with Crippen molar-refractivity contribution in [2.45, 2.75) is 26.2 Å². The molecule has 0 N–H and O–H groups in total. The lowest BCUT2D eigenvalue weighted by Crippen LogP contribution is -2.18. The summed E-state index contributed by atoms with van der Waals surface area (Å²) < 4.78 is 19.6. The lowest BCUT2D eigenvalue weighted by Gasteiger charge is -2.26. The molecule has 0 aliphatic rings. The van der Waals surface area contributed by atoms with Crippen LogP contribution in [0.4, 0.5) is 0 Å².